The first kappa shape index (κ1) is 22.3. The quantitative estimate of drug-likeness (QED) is 0.796. The molecule has 7 nitrogen and oxygen atoms in total. The van der Waals surface area contributed by atoms with Crippen molar-refractivity contribution in [2.45, 2.75) is 38.5 Å². The molecule has 2 aliphatic rings. The zero-order chi connectivity index (χ0) is 22.7. The Hall–Kier alpha value is -2.93. The lowest BCUT2D eigenvalue weighted by molar-refractivity contribution is -0.133. The lowest BCUT2D eigenvalue weighted by atomic mass is 9.91. The number of likely N-dealkylation sites (tertiary alicyclic amines) is 1. The van der Waals surface area contributed by atoms with Crippen molar-refractivity contribution in [2.24, 2.45) is 0 Å². The topological polar surface area (TPSA) is 88.8 Å². The minimum Gasteiger partial charge on any atom is -0.383 e. The average molecular weight is 437 g/mol. The Labute approximate surface area is 189 Å². The molecule has 32 heavy (non-hydrogen) atoms. The predicted octanol–water partition coefficient (Wildman–Crippen LogP) is 2.95. The minimum atomic E-state index is -0.147. The molecular formula is C25H32N4O3. The van der Waals surface area contributed by atoms with E-state index in [9.17, 15) is 9.59 Å². The Bertz CT molecular complexity index is 962. The average Bonchev–Trinajstić information content (AvgIpc) is 2.84. The van der Waals surface area contributed by atoms with Crippen molar-refractivity contribution in [3.63, 3.8) is 0 Å². The van der Waals surface area contributed by atoms with Crippen LogP contribution in [0.3, 0.4) is 0 Å². The Morgan fingerprint density at radius 1 is 1.00 bits per heavy atom. The van der Waals surface area contributed by atoms with Crippen LogP contribution in [0, 0.1) is 6.92 Å². The van der Waals surface area contributed by atoms with Gasteiger partial charge in [0.05, 0.1) is 24.7 Å². The van der Waals surface area contributed by atoms with E-state index in [4.69, 9.17) is 10.5 Å². The van der Waals surface area contributed by atoms with Gasteiger partial charge in [-0.1, -0.05) is 29.8 Å². The van der Waals surface area contributed by atoms with E-state index < -0.39 is 0 Å². The third-order valence-corrected chi connectivity index (χ3v) is 6.65. The van der Waals surface area contributed by atoms with Crippen LogP contribution in [0.2, 0.25) is 0 Å². The van der Waals surface area contributed by atoms with E-state index in [2.05, 4.69) is 17.1 Å². The maximum absolute atomic E-state index is 13.0. The molecule has 0 bridgehead atoms. The summed E-state index contributed by atoms with van der Waals surface area (Å²) in [6.07, 6.45) is 1.69. The summed E-state index contributed by atoms with van der Waals surface area (Å²) in [6.45, 7) is 7.69. The van der Waals surface area contributed by atoms with Crippen LogP contribution < -0.4 is 5.73 Å². The number of anilines is 1. The van der Waals surface area contributed by atoms with E-state index in [1.54, 1.807) is 11.0 Å². The number of nitrogens with zero attached hydrogens (tertiary/aromatic N) is 3. The first-order valence-electron chi connectivity index (χ1n) is 11.4. The summed E-state index contributed by atoms with van der Waals surface area (Å²) in [7, 11) is 0. The Morgan fingerprint density at radius 2 is 1.66 bits per heavy atom. The van der Waals surface area contributed by atoms with Gasteiger partial charge in [-0.3, -0.25) is 9.59 Å². The van der Waals surface area contributed by atoms with Gasteiger partial charge in [0.2, 0.25) is 5.91 Å². The Morgan fingerprint density at radius 3 is 2.28 bits per heavy atom. The number of nitrogen functional groups attached to an aromatic ring is 1. The molecule has 1 aromatic carbocycles. The fourth-order valence-corrected chi connectivity index (χ4v) is 4.50. The molecule has 2 aliphatic heterocycles. The standard InChI is InChI=1S/C25H32N4O3/c1-17-3-5-19(6-4-17)18(2)24(30)28-11-9-20(10-12-28)22-8-7-21(23(26)27-22)25(31)29-13-15-32-16-14-29/h3-8,18,20H,9-16H2,1-2H3,(H2,26,27). The molecule has 0 aliphatic carbocycles. The Balaban J connectivity index is 1.36. The second kappa shape index (κ2) is 9.69. The molecule has 0 radical (unpaired) electrons. The molecule has 2 amide bonds. The van der Waals surface area contributed by atoms with Crippen LogP contribution in [0.5, 0.6) is 0 Å². The molecule has 7 heteroatoms. The van der Waals surface area contributed by atoms with Gasteiger partial charge in [-0.05, 0) is 44.4 Å². The summed E-state index contributed by atoms with van der Waals surface area (Å²) in [6, 6.07) is 11.9. The number of piperidine rings is 1. The molecule has 4 rings (SSSR count). The SMILES string of the molecule is Cc1ccc(C(C)C(=O)N2CCC(c3ccc(C(=O)N4CCOCC4)c(N)n3)CC2)cc1. The largest absolute Gasteiger partial charge is 0.383 e. The molecule has 0 saturated carbocycles. The fourth-order valence-electron chi connectivity index (χ4n) is 4.50. The van der Waals surface area contributed by atoms with E-state index in [1.165, 1.54) is 5.56 Å². The molecule has 2 aromatic rings. The van der Waals surface area contributed by atoms with Crippen molar-refractivity contribution in [1.29, 1.82) is 0 Å². The summed E-state index contributed by atoms with van der Waals surface area (Å²) in [5.41, 5.74) is 9.77. The number of hydrogen-bond acceptors (Lipinski definition) is 5. The van der Waals surface area contributed by atoms with Crippen LogP contribution in [0.4, 0.5) is 5.82 Å². The molecule has 3 heterocycles. The number of hydrogen-bond donors (Lipinski definition) is 1. The van der Waals surface area contributed by atoms with Crippen LogP contribution >= 0.6 is 0 Å². The first-order chi connectivity index (χ1) is 15.4. The van der Waals surface area contributed by atoms with Crippen molar-refractivity contribution in [2.75, 3.05) is 45.1 Å². The molecule has 1 unspecified atom stereocenters. The summed E-state index contributed by atoms with van der Waals surface area (Å²) < 4.78 is 5.32. The number of carbonyl (C=O) groups is 2. The highest BCUT2D eigenvalue weighted by molar-refractivity contribution is 5.98. The summed E-state index contributed by atoms with van der Waals surface area (Å²) in [4.78, 5) is 34.0. The van der Waals surface area contributed by atoms with E-state index in [0.29, 0.717) is 45.0 Å². The number of carbonyl (C=O) groups excluding carboxylic acids is 2. The zero-order valence-electron chi connectivity index (χ0n) is 18.9. The van der Waals surface area contributed by atoms with Crippen molar-refractivity contribution in [3.8, 4) is 0 Å². The molecule has 2 saturated heterocycles. The highest BCUT2D eigenvalue weighted by atomic mass is 16.5. The van der Waals surface area contributed by atoms with Gasteiger partial charge < -0.3 is 20.3 Å². The lowest BCUT2D eigenvalue weighted by Gasteiger charge is -2.33. The summed E-state index contributed by atoms with van der Waals surface area (Å²) >= 11 is 0. The lowest BCUT2D eigenvalue weighted by Crippen LogP contribution is -2.41. The van der Waals surface area contributed by atoms with Gasteiger partial charge in [0.15, 0.2) is 0 Å². The predicted molar refractivity (Wildman–Crippen MR) is 124 cm³/mol. The molecule has 2 N–H and O–H groups in total. The number of benzene rings is 1. The van der Waals surface area contributed by atoms with Crippen molar-refractivity contribution >= 4 is 17.6 Å². The van der Waals surface area contributed by atoms with Gasteiger partial charge in [-0.25, -0.2) is 4.98 Å². The zero-order valence-corrected chi connectivity index (χ0v) is 18.9. The van der Waals surface area contributed by atoms with Crippen LogP contribution in [0.1, 0.15) is 58.8 Å². The van der Waals surface area contributed by atoms with Crippen LogP contribution in [0.15, 0.2) is 36.4 Å². The van der Waals surface area contributed by atoms with Crippen molar-refractivity contribution in [1.82, 2.24) is 14.8 Å². The van der Waals surface area contributed by atoms with Gasteiger partial charge in [0, 0.05) is 37.8 Å². The normalized spacial score (nSPS) is 18.4. The van der Waals surface area contributed by atoms with E-state index in [0.717, 1.165) is 24.1 Å². The summed E-state index contributed by atoms with van der Waals surface area (Å²) in [5, 5.41) is 0. The van der Waals surface area contributed by atoms with Gasteiger partial charge >= 0.3 is 0 Å². The monoisotopic (exact) mass is 436 g/mol. The van der Waals surface area contributed by atoms with E-state index in [1.807, 2.05) is 36.9 Å². The first-order valence-corrected chi connectivity index (χ1v) is 11.4. The number of morpholine rings is 1. The van der Waals surface area contributed by atoms with Gasteiger partial charge in [0.1, 0.15) is 5.82 Å². The number of aromatic nitrogens is 1. The number of amides is 2. The molecule has 1 aromatic heterocycles. The molecule has 170 valence electrons. The third kappa shape index (κ3) is 4.78. The maximum Gasteiger partial charge on any atom is 0.257 e. The van der Waals surface area contributed by atoms with E-state index in [-0.39, 0.29) is 29.5 Å². The fraction of sp³-hybridized carbons (Fsp3) is 0.480. The third-order valence-electron chi connectivity index (χ3n) is 6.65. The molecular weight excluding hydrogens is 404 g/mol. The number of aryl methyl sites for hydroxylation is 1. The second-order valence-corrected chi connectivity index (χ2v) is 8.81. The van der Waals surface area contributed by atoms with Crippen molar-refractivity contribution in [3.05, 3.63) is 58.8 Å². The van der Waals surface area contributed by atoms with Crippen LogP contribution in [0.25, 0.3) is 0 Å². The highest BCUT2D eigenvalue weighted by Gasteiger charge is 2.29. The summed E-state index contributed by atoms with van der Waals surface area (Å²) in [5.74, 6) is 0.460. The van der Waals surface area contributed by atoms with Crippen LogP contribution in [-0.4, -0.2) is 66.0 Å². The smallest absolute Gasteiger partial charge is 0.257 e. The highest BCUT2D eigenvalue weighted by Crippen LogP contribution is 2.30. The second-order valence-electron chi connectivity index (χ2n) is 8.81. The van der Waals surface area contributed by atoms with E-state index >= 15 is 0 Å². The number of rotatable bonds is 4. The minimum absolute atomic E-state index is 0.0876. The number of pyridine rings is 1. The van der Waals surface area contributed by atoms with Gasteiger partial charge in [0.25, 0.3) is 5.91 Å². The maximum atomic E-state index is 13.0. The molecule has 2 fully saturated rings. The number of ether oxygens (including phenoxy) is 1. The molecule has 1 atom stereocenters. The van der Waals surface area contributed by atoms with Gasteiger partial charge in [-0.2, -0.15) is 0 Å². The van der Waals surface area contributed by atoms with Crippen molar-refractivity contribution < 1.29 is 14.3 Å². The number of nitrogens with two attached hydrogens (primary N) is 1. The van der Waals surface area contributed by atoms with Gasteiger partial charge in [-0.15, -0.1) is 0 Å². The van der Waals surface area contributed by atoms with Crippen LogP contribution in [-0.2, 0) is 9.53 Å². The molecule has 0 spiro atoms. The Kier molecular flexibility index (Phi) is 6.74.